The first-order valence-electron chi connectivity index (χ1n) is 13.1. The van der Waals surface area contributed by atoms with Crippen LogP contribution in [-0.2, 0) is 24.4 Å². The SMILES string of the molecule is CC1(C)[C@@H]2[C@@H](C(=O)N[C@H](C#N)C[C@@H]3CCNC3=O)N(C(=O)[C@@H](NS(=O)(=O)C(F)(F)F)C3CCCCC3)C[C@@H]21. The van der Waals surface area contributed by atoms with Crippen molar-refractivity contribution in [1.29, 1.82) is 5.26 Å². The number of sulfonamides is 1. The number of fused-ring (bicyclic) bond motifs is 1. The van der Waals surface area contributed by atoms with Crippen LogP contribution in [0.5, 0.6) is 0 Å². The number of amides is 3. The summed E-state index contributed by atoms with van der Waals surface area (Å²) in [5.74, 6) is -3.11. The van der Waals surface area contributed by atoms with Crippen LogP contribution in [0.25, 0.3) is 0 Å². The van der Waals surface area contributed by atoms with Gasteiger partial charge in [-0.25, -0.2) is 8.42 Å². The maximum absolute atomic E-state index is 13.8. The topological polar surface area (TPSA) is 148 Å². The van der Waals surface area contributed by atoms with Crippen LogP contribution in [0, 0.1) is 40.4 Å². The fourth-order valence-electron chi connectivity index (χ4n) is 6.60. The van der Waals surface area contributed by atoms with Gasteiger partial charge in [-0.05, 0) is 48.9 Å². The molecule has 2 heterocycles. The second-order valence-corrected chi connectivity index (χ2v) is 13.2. The quantitative estimate of drug-likeness (QED) is 0.408. The molecule has 4 aliphatic rings. The van der Waals surface area contributed by atoms with Gasteiger partial charge in [0, 0.05) is 19.0 Å². The van der Waals surface area contributed by atoms with Crippen LogP contribution in [0.3, 0.4) is 0 Å². The Morgan fingerprint density at radius 2 is 1.87 bits per heavy atom. The molecule has 0 aromatic heterocycles. The van der Waals surface area contributed by atoms with Gasteiger partial charge in [0.2, 0.25) is 17.7 Å². The first-order valence-corrected chi connectivity index (χ1v) is 14.5. The summed E-state index contributed by atoms with van der Waals surface area (Å²) in [5, 5.41) is 14.9. The van der Waals surface area contributed by atoms with Crippen LogP contribution in [0.1, 0.15) is 58.8 Å². The summed E-state index contributed by atoms with van der Waals surface area (Å²) in [6.45, 7) is 4.45. The van der Waals surface area contributed by atoms with E-state index in [1.54, 1.807) is 4.72 Å². The van der Waals surface area contributed by atoms with Gasteiger partial charge in [-0.2, -0.15) is 23.2 Å². The number of nitrogens with one attached hydrogen (secondary N) is 3. The Kier molecular flexibility index (Phi) is 7.75. The smallest absolute Gasteiger partial charge is 0.356 e. The van der Waals surface area contributed by atoms with E-state index in [0.717, 1.165) is 6.42 Å². The molecule has 10 nitrogen and oxygen atoms in total. The molecule has 14 heteroatoms. The van der Waals surface area contributed by atoms with Crippen LogP contribution < -0.4 is 15.4 Å². The minimum atomic E-state index is -5.80. The normalized spacial score (nSPS) is 30.6. The summed E-state index contributed by atoms with van der Waals surface area (Å²) < 4.78 is 65.5. The lowest BCUT2D eigenvalue weighted by atomic mass is 9.83. The number of alkyl halides is 3. The number of rotatable bonds is 8. The van der Waals surface area contributed by atoms with Crippen LogP contribution in [0.2, 0.25) is 0 Å². The van der Waals surface area contributed by atoms with E-state index in [1.807, 2.05) is 19.9 Å². The fraction of sp³-hybridized carbons (Fsp3) is 0.833. The zero-order valence-corrected chi connectivity index (χ0v) is 22.2. The number of nitriles is 1. The standard InChI is InChI=1S/C24H34F3N5O5S/c1-23(2)16-12-32(19(17(16)23)21(34)30-15(11-28)10-14-8-9-29-20(14)33)22(35)18(13-6-4-3-5-7-13)31-38(36,37)24(25,26)27/h13-19,31H,3-10,12H2,1-2H3,(H,29,33)(H,30,34)/t14-,15-,16-,17-,18-,19-/m0/s1. The molecule has 2 aliphatic heterocycles. The van der Waals surface area contributed by atoms with Gasteiger partial charge in [0.05, 0.1) is 6.07 Å². The van der Waals surface area contributed by atoms with Crippen molar-refractivity contribution >= 4 is 27.7 Å². The Morgan fingerprint density at radius 1 is 1.21 bits per heavy atom. The molecule has 38 heavy (non-hydrogen) atoms. The van der Waals surface area contributed by atoms with Crippen molar-refractivity contribution < 1.29 is 36.0 Å². The Morgan fingerprint density at radius 3 is 2.42 bits per heavy atom. The second-order valence-electron chi connectivity index (χ2n) is 11.5. The zero-order valence-electron chi connectivity index (χ0n) is 21.4. The van der Waals surface area contributed by atoms with Crippen LogP contribution in [0.15, 0.2) is 0 Å². The van der Waals surface area contributed by atoms with Crippen molar-refractivity contribution in [3.63, 3.8) is 0 Å². The van der Waals surface area contributed by atoms with E-state index < -0.39 is 57.3 Å². The van der Waals surface area contributed by atoms with E-state index in [1.165, 1.54) is 4.90 Å². The molecular formula is C24H34F3N5O5S. The summed E-state index contributed by atoms with van der Waals surface area (Å²) in [6.07, 6.45) is 3.56. The highest BCUT2D eigenvalue weighted by atomic mass is 32.2. The lowest BCUT2D eigenvalue weighted by Crippen LogP contribution is -2.59. The van der Waals surface area contributed by atoms with Crippen molar-refractivity contribution in [2.75, 3.05) is 13.1 Å². The van der Waals surface area contributed by atoms with E-state index in [-0.39, 0.29) is 36.1 Å². The van der Waals surface area contributed by atoms with Crippen molar-refractivity contribution in [2.45, 2.75) is 82.4 Å². The maximum atomic E-state index is 13.8. The van der Waals surface area contributed by atoms with Crippen LogP contribution in [0.4, 0.5) is 13.2 Å². The summed E-state index contributed by atoms with van der Waals surface area (Å²) in [7, 11) is -5.80. The summed E-state index contributed by atoms with van der Waals surface area (Å²) in [4.78, 5) is 40.4. The predicted molar refractivity (Wildman–Crippen MR) is 128 cm³/mol. The minimum Gasteiger partial charge on any atom is -0.356 e. The molecule has 2 saturated carbocycles. The monoisotopic (exact) mass is 561 g/mol. The molecule has 2 saturated heterocycles. The molecular weight excluding hydrogens is 527 g/mol. The highest BCUT2D eigenvalue weighted by molar-refractivity contribution is 7.90. The number of likely N-dealkylation sites (tertiary alicyclic amines) is 1. The summed E-state index contributed by atoms with van der Waals surface area (Å²) >= 11 is 0. The number of hydrogen-bond acceptors (Lipinski definition) is 6. The van der Waals surface area contributed by atoms with Crippen molar-refractivity contribution in [3.05, 3.63) is 0 Å². The molecule has 4 fully saturated rings. The third-order valence-electron chi connectivity index (χ3n) is 8.89. The molecule has 6 atom stereocenters. The molecule has 0 aromatic rings. The third kappa shape index (κ3) is 5.36. The highest BCUT2D eigenvalue weighted by Crippen LogP contribution is 2.65. The van der Waals surface area contributed by atoms with Gasteiger partial charge in [0.25, 0.3) is 0 Å². The lowest BCUT2D eigenvalue weighted by molar-refractivity contribution is -0.143. The average Bonchev–Trinajstić information content (AvgIpc) is 3.20. The molecule has 0 bridgehead atoms. The van der Waals surface area contributed by atoms with Gasteiger partial charge >= 0.3 is 15.5 Å². The van der Waals surface area contributed by atoms with E-state index in [4.69, 9.17) is 0 Å². The molecule has 0 radical (unpaired) electrons. The molecule has 3 amide bonds. The number of nitrogens with zero attached hydrogens (tertiary/aromatic N) is 2. The van der Waals surface area contributed by atoms with Gasteiger partial charge in [-0.15, -0.1) is 0 Å². The Bertz CT molecular complexity index is 1120. The van der Waals surface area contributed by atoms with Crippen LogP contribution >= 0.6 is 0 Å². The van der Waals surface area contributed by atoms with E-state index in [9.17, 15) is 41.2 Å². The molecule has 3 N–H and O–H groups in total. The summed E-state index contributed by atoms with van der Waals surface area (Å²) in [5.41, 5.74) is -5.89. The molecule has 0 spiro atoms. The third-order valence-corrected chi connectivity index (χ3v) is 10.1. The van der Waals surface area contributed by atoms with Gasteiger partial charge in [-0.1, -0.05) is 33.1 Å². The van der Waals surface area contributed by atoms with Gasteiger partial charge in [0.15, 0.2) is 0 Å². The molecule has 2 aliphatic carbocycles. The fourth-order valence-corrected chi connectivity index (χ4v) is 7.36. The number of halogens is 3. The molecule has 0 aromatic carbocycles. The van der Waals surface area contributed by atoms with Crippen LogP contribution in [-0.4, -0.2) is 67.8 Å². The molecule has 212 valence electrons. The lowest BCUT2D eigenvalue weighted by Gasteiger charge is -2.37. The van der Waals surface area contributed by atoms with E-state index >= 15 is 0 Å². The number of carbonyl (C=O) groups excluding carboxylic acids is 3. The molecule has 4 rings (SSSR count). The zero-order chi connectivity index (χ0) is 28.0. The van der Waals surface area contributed by atoms with Gasteiger partial charge in [0.1, 0.15) is 18.1 Å². The first-order chi connectivity index (χ1) is 17.7. The van der Waals surface area contributed by atoms with Gasteiger partial charge in [-0.3, -0.25) is 14.4 Å². The Hall–Kier alpha value is -2.40. The average molecular weight is 562 g/mol. The molecule has 0 unspecified atom stereocenters. The van der Waals surface area contributed by atoms with E-state index in [0.29, 0.717) is 38.6 Å². The Labute approximate surface area is 220 Å². The van der Waals surface area contributed by atoms with Gasteiger partial charge < -0.3 is 15.5 Å². The number of piperidine rings is 1. The maximum Gasteiger partial charge on any atom is 0.511 e. The van der Waals surface area contributed by atoms with Crippen molar-refractivity contribution in [3.8, 4) is 6.07 Å². The second kappa shape index (κ2) is 10.3. The largest absolute Gasteiger partial charge is 0.511 e. The number of carbonyl (C=O) groups is 3. The minimum absolute atomic E-state index is 0.0884. The highest BCUT2D eigenvalue weighted by Gasteiger charge is 2.70. The van der Waals surface area contributed by atoms with Crippen molar-refractivity contribution in [1.82, 2.24) is 20.3 Å². The number of hydrogen-bond donors (Lipinski definition) is 3. The summed E-state index contributed by atoms with van der Waals surface area (Å²) in [6, 6.07) is -1.71. The predicted octanol–water partition coefficient (Wildman–Crippen LogP) is 1.39. The van der Waals surface area contributed by atoms with E-state index in [2.05, 4.69) is 10.6 Å². The first kappa shape index (κ1) is 28.6. The van der Waals surface area contributed by atoms with Crippen molar-refractivity contribution in [2.24, 2.45) is 29.1 Å². The Balaban J connectivity index is 1.56.